The number of rotatable bonds is 1. The average molecular weight is 172 g/mol. The van der Waals surface area contributed by atoms with Crippen LogP contribution in [0.4, 0.5) is 0 Å². The van der Waals surface area contributed by atoms with Gasteiger partial charge in [0.15, 0.2) is 0 Å². The molecule has 1 heteroatoms. The Kier molecular flexibility index (Phi) is 1.96. The van der Waals surface area contributed by atoms with Gasteiger partial charge in [-0.25, -0.2) is 0 Å². The molecule has 12 heavy (non-hydrogen) atoms. The first-order valence-electron chi connectivity index (χ1n) is 4.29. The average Bonchev–Trinajstić information content (AvgIpc) is 2.58. The van der Waals surface area contributed by atoms with E-state index < -0.39 is 0 Å². The normalized spacial score (nSPS) is 16.9. The molecule has 0 aromatic heterocycles. The van der Waals surface area contributed by atoms with Crippen molar-refractivity contribution in [3.8, 4) is 0 Å². The molecule has 0 fully saturated rings. The first kappa shape index (κ1) is 7.56. The summed E-state index contributed by atoms with van der Waals surface area (Å²) in [7, 11) is -0.0728. The number of hydrogen-bond donors (Lipinski definition) is 0. The Morgan fingerprint density at radius 3 is 2.42 bits per heavy atom. The van der Waals surface area contributed by atoms with Crippen LogP contribution in [0.15, 0.2) is 42.1 Å². The van der Waals surface area contributed by atoms with E-state index in [4.69, 9.17) is 0 Å². The van der Waals surface area contributed by atoms with E-state index in [-0.39, 0.29) is 9.52 Å². The third kappa shape index (κ3) is 1.41. The Morgan fingerprint density at radius 1 is 1.08 bits per heavy atom. The Labute approximate surface area is 75.4 Å². The molecule has 0 spiro atoms. The van der Waals surface area contributed by atoms with Gasteiger partial charge in [0, 0.05) is 0 Å². The van der Waals surface area contributed by atoms with E-state index in [1.54, 1.807) is 5.20 Å². The van der Waals surface area contributed by atoms with Gasteiger partial charge in [0.05, 0.1) is 9.52 Å². The van der Waals surface area contributed by atoms with Gasteiger partial charge in [-0.05, 0) is 12.5 Å². The van der Waals surface area contributed by atoms with Crippen LogP contribution >= 0.6 is 0 Å². The van der Waals surface area contributed by atoms with Crippen LogP contribution < -0.4 is 0 Å². The van der Waals surface area contributed by atoms with Gasteiger partial charge in [-0.3, -0.25) is 0 Å². The highest BCUT2D eigenvalue weighted by molar-refractivity contribution is 6.66. The minimum atomic E-state index is -0.0728. The first-order valence-corrected chi connectivity index (χ1v) is 5.81. The van der Waals surface area contributed by atoms with Crippen molar-refractivity contribution in [3.05, 3.63) is 53.2 Å². The molecule has 0 nitrogen and oxygen atoms in total. The Bertz CT molecular complexity index is 331. The number of benzene rings is 1. The second kappa shape index (κ2) is 3.11. The van der Waals surface area contributed by atoms with Crippen molar-refractivity contribution in [2.75, 3.05) is 0 Å². The van der Waals surface area contributed by atoms with E-state index in [0.29, 0.717) is 0 Å². The fourth-order valence-electron chi connectivity index (χ4n) is 1.43. The number of hydrogen-bond acceptors (Lipinski definition) is 0. The third-order valence-corrected chi connectivity index (χ3v) is 3.79. The summed E-state index contributed by atoms with van der Waals surface area (Å²) in [4.78, 5) is 0. The fraction of sp³-hybridized carbons (Fsp3) is 0.0909. The van der Waals surface area contributed by atoms with Crippen LogP contribution in [0.2, 0.25) is 0 Å². The van der Waals surface area contributed by atoms with E-state index in [2.05, 4.69) is 49.0 Å². The molecule has 0 amide bonds. The number of aryl methyl sites for hydroxylation is 1. The summed E-state index contributed by atoms with van der Waals surface area (Å²) in [5, 5.41) is 1.56. The molecule has 0 radical (unpaired) electrons. The molecule has 60 valence electrons. The van der Waals surface area contributed by atoms with Crippen LogP contribution in [0.5, 0.6) is 0 Å². The number of allylic oxidation sites excluding steroid dienone is 2. The van der Waals surface area contributed by atoms with E-state index >= 15 is 0 Å². The van der Waals surface area contributed by atoms with Gasteiger partial charge in [0.25, 0.3) is 0 Å². The lowest BCUT2D eigenvalue weighted by Gasteiger charge is -2.01. The van der Waals surface area contributed by atoms with Crippen molar-refractivity contribution in [1.29, 1.82) is 0 Å². The topological polar surface area (TPSA) is 0 Å². The van der Waals surface area contributed by atoms with Crippen molar-refractivity contribution in [2.24, 2.45) is 0 Å². The largest absolute Gasteiger partial charge is 0.0961 e. The maximum absolute atomic E-state index is 2.33. The predicted octanol–water partition coefficient (Wildman–Crippen LogP) is 2.03. The molecule has 1 heterocycles. The molecular weight excluding hydrogens is 160 g/mol. The summed E-state index contributed by atoms with van der Waals surface area (Å²) in [5.74, 6) is 0. The van der Waals surface area contributed by atoms with E-state index in [1.165, 1.54) is 11.1 Å². The quantitative estimate of drug-likeness (QED) is 0.569. The van der Waals surface area contributed by atoms with Gasteiger partial charge in [0.1, 0.15) is 0 Å². The Morgan fingerprint density at radius 2 is 1.83 bits per heavy atom. The molecule has 0 bridgehead atoms. The van der Waals surface area contributed by atoms with E-state index in [0.717, 1.165) is 0 Å². The lowest BCUT2D eigenvalue weighted by atomic mass is 10.1. The molecule has 1 aliphatic rings. The van der Waals surface area contributed by atoms with Crippen LogP contribution in [-0.2, 0) is 0 Å². The van der Waals surface area contributed by atoms with Crippen molar-refractivity contribution >= 4 is 14.7 Å². The van der Waals surface area contributed by atoms with Gasteiger partial charge in [-0.2, -0.15) is 0 Å². The van der Waals surface area contributed by atoms with Crippen LogP contribution in [0.25, 0.3) is 5.20 Å². The SMILES string of the molecule is Cc1ccc(C2=CC=C[SiH2]2)cc1. The minimum Gasteiger partial charge on any atom is -0.0961 e. The van der Waals surface area contributed by atoms with Crippen molar-refractivity contribution in [1.82, 2.24) is 0 Å². The molecule has 1 aliphatic heterocycles. The summed E-state index contributed by atoms with van der Waals surface area (Å²) in [6.45, 7) is 2.13. The maximum Gasteiger partial charge on any atom is 0.0791 e. The van der Waals surface area contributed by atoms with Crippen LogP contribution in [0.3, 0.4) is 0 Å². The summed E-state index contributed by atoms with van der Waals surface area (Å²) in [6, 6.07) is 8.81. The van der Waals surface area contributed by atoms with Crippen molar-refractivity contribution < 1.29 is 0 Å². The highest BCUT2D eigenvalue weighted by Crippen LogP contribution is 2.17. The highest BCUT2D eigenvalue weighted by Gasteiger charge is 2.01. The highest BCUT2D eigenvalue weighted by atomic mass is 28.2. The Hall–Kier alpha value is -1.08. The molecule has 0 aliphatic carbocycles. The van der Waals surface area contributed by atoms with Crippen LogP contribution in [-0.4, -0.2) is 9.52 Å². The molecule has 0 N–H and O–H groups in total. The van der Waals surface area contributed by atoms with Crippen molar-refractivity contribution in [3.63, 3.8) is 0 Å². The van der Waals surface area contributed by atoms with Gasteiger partial charge >= 0.3 is 0 Å². The van der Waals surface area contributed by atoms with Gasteiger partial charge in [0.2, 0.25) is 0 Å². The fourth-order valence-corrected chi connectivity index (χ4v) is 2.70. The predicted molar refractivity (Wildman–Crippen MR) is 56.8 cm³/mol. The van der Waals surface area contributed by atoms with Crippen LogP contribution in [0.1, 0.15) is 11.1 Å². The van der Waals surface area contributed by atoms with E-state index in [9.17, 15) is 0 Å². The molecular formula is C11H12Si. The smallest absolute Gasteiger partial charge is 0.0791 e. The summed E-state index contributed by atoms with van der Waals surface area (Å²) in [6.07, 6.45) is 4.43. The first-order chi connectivity index (χ1) is 5.86. The van der Waals surface area contributed by atoms with Crippen LogP contribution in [0, 0.1) is 6.92 Å². The zero-order chi connectivity index (χ0) is 8.39. The molecule has 0 saturated heterocycles. The molecule has 0 saturated carbocycles. The summed E-state index contributed by atoms with van der Waals surface area (Å²) >= 11 is 0. The summed E-state index contributed by atoms with van der Waals surface area (Å²) < 4.78 is 0. The molecule has 2 rings (SSSR count). The maximum atomic E-state index is 2.33. The second-order valence-corrected chi connectivity index (χ2v) is 4.83. The molecule has 0 atom stereocenters. The van der Waals surface area contributed by atoms with Gasteiger partial charge in [-0.1, -0.05) is 52.9 Å². The zero-order valence-corrected chi connectivity index (χ0v) is 8.66. The minimum absolute atomic E-state index is 0.0728. The third-order valence-electron chi connectivity index (χ3n) is 2.19. The molecule has 1 aromatic rings. The molecule has 1 aromatic carbocycles. The lowest BCUT2D eigenvalue weighted by Crippen LogP contribution is -1.88. The lowest BCUT2D eigenvalue weighted by molar-refractivity contribution is 1.46. The van der Waals surface area contributed by atoms with Gasteiger partial charge in [-0.15, -0.1) is 0 Å². The molecule has 0 unspecified atom stereocenters. The van der Waals surface area contributed by atoms with Crippen molar-refractivity contribution in [2.45, 2.75) is 6.92 Å². The Balaban J connectivity index is 2.30. The van der Waals surface area contributed by atoms with E-state index in [1.807, 2.05) is 0 Å². The summed E-state index contributed by atoms with van der Waals surface area (Å²) in [5.41, 5.74) is 5.08. The standard InChI is InChI=1S/C11H12Si/c1-9-4-6-10(7-5-9)11-3-2-8-12-11/h2-8H,12H2,1H3. The monoisotopic (exact) mass is 172 g/mol. The second-order valence-electron chi connectivity index (χ2n) is 3.19. The van der Waals surface area contributed by atoms with Gasteiger partial charge < -0.3 is 0 Å². The zero-order valence-electron chi connectivity index (χ0n) is 7.25.